The summed E-state index contributed by atoms with van der Waals surface area (Å²) in [6.07, 6.45) is -0.163. The molecule has 1 saturated heterocycles. The van der Waals surface area contributed by atoms with Crippen LogP contribution in [0.25, 0.3) is 0 Å². The van der Waals surface area contributed by atoms with Crippen LogP contribution in [0.5, 0.6) is 0 Å². The quantitative estimate of drug-likeness (QED) is 0.806. The number of nitrogens with zero attached hydrogens (tertiary/aromatic N) is 2. The van der Waals surface area contributed by atoms with E-state index < -0.39 is 6.09 Å². The summed E-state index contributed by atoms with van der Waals surface area (Å²) in [5.41, 5.74) is 1.66. The first-order valence-corrected chi connectivity index (χ1v) is 5.43. The third-order valence-electron chi connectivity index (χ3n) is 2.88. The predicted octanol–water partition coefficient (Wildman–Crippen LogP) is 1.40. The Labute approximate surface area is 99.3 Å². The van der Waals surface area contributed by atoms with E-state index in [4.69, 9.17) is 10.4 Å². The maximum atomic E-state index is 10.5. The van der Waals surface area contributed by atoms with Crippen LogP contribution in [0.2, 0.25) is 0 Å². The lowest BCUT2D eigenvalue weighted by Crippen LogP contribution is -2.35. The number of carboxylic acid groups (broad SMARTS) is 1. The number of anilines is 1. The fourth-order valence-electron chi connectivity index (χ4n) is 2.03. The van der Waals surface area contributed by atoms with E-state index in [1.165, 1.54) is 0 Å². The highest BCUT2D eigenvalue weighted by Gasteiger charge is 2.23. The number of hydrogen-bond donors (Lipinski definition) is 2. The molecule has 17 heavy (non-hydrogen) atoms. The Balaban J connectivity index is 2.00. The molecule has 1 unspecified atom stereocenters. The molecule has 0 aliphatic carbocycles. The average molecular weight is 231 g/mol. The molecular formula is C12H13N3O2. The molecule has 1 aliphatic heterocycles. The number of hydrogen-bond acceptors (Lipinski definition) is 3. The van der Waals surface area contributed by atoms with Crippen LogP contribution in [0.3, 0.4) is 0 Å². The molecule has 1 fully saturated rings. The lowest BCUT2D eigenvalue weighted by Gasteiger charge is -2.18. The zero-order valence-electron chi connectivity index (χ0n) is 9.26. The van der Waals surface area contributed by atoms with Crippen LogP contribution in [-0.2, 0) is 0 Å². The van der Waals surface area contributed by atoms with E-state index in [1.54, 1.807) is 12.1 Å². The molecular weight excluding hydrogens is 218 g/mol. The Morgan fingerprint density at radius 2 is 2.18 bits per heavy atom. The summed E-state index contributed by atoms with van der Waals surface area (Å²) >= 11 is 0. The highest BCUT2D eigenvalue weighted by Crippen LogP contribution is 2.20. The van der Waals surface area contributed by atoms with Gasteiger partial charge in [0.1, 0.15) is 0 Å². The van der Waals surface area contributed by atoms with Gasteiger partial charge in [-0.25, -0.2) is 4.79 Å². The van der Waals surface area contributed by atoms with Crippen molar-refractivity contribution in [1.82, 2.24) is 5.32 Å². The van der Waals surface area contributed by atoms with Crippen molar-refractivity contribution in [3.8, 4) is 6.07 Å². The minimum atomic E-state index is -0.975. The Kier molecular flexibility index (Phi) is 3.15. The van der Waals surface area contributed by atoms with Crippen molar-refractivity contribution in [3.63, 3.8) is 0 Å². The topological polar surface area (TPSA) is 76.4 Å². The third-order valence-corrected chi connectivity index (χ3v) is 2.88. The molecule has 1 amide bonds. The van der Waals surface area contributed by atoms with Crippen molar-refractivity contribution in [2.24, 2.45) is 0 Å². The molecule has 2 rings (SSSR count). The van der Waals surface area contributed by atoms with Gasteiger partial charge in [0.2, 0.25) is 0 Å². The van der Waals surface area contributed by atoms with E-state index in [0.717, 1.165) is 18.7 Å². The van der Waals surface area contributed by atoms with Crippen molar-refractivity contribution in [1.29, 1.82) is 5.26 Å². The van der Waals surface area contributed by atoms with E-state index >= 15 is 0 Å². The number of amides is 1. The van der Waals surface area contributed by atoms with Crippen LogP contribution in [-0.4, -0.2) is 30.3 Å². The molecule has 0 bridgehead atoms. The molecule has 5 heteroatoms. The Morgan fingerprint density at radius 1 is 1.47 bits per heavy atom. The maximum absolute atomic E-state index is 10.5. The van der Waals surface area contributed by atoms with Gasteiger partial charge in [-0.2, -0.15) is 5.26 Å². The first kappa shape index (κ1) is 11.3. The zero-order valence-corrected chi connectivity index (χ0v) is 9.26. The van der Waals surface area contributed by atoms with Crippen molar-refractivity contribution in [2.45, 2.75) is 12.5 Å². The van der Waals surface area contributed by atoms with Crippen molar-refractivity contribution in [2.75, 3.05) is 18.0 Å². The average Bonchev–Trinajstić information content (AvgIpc) is 2.77. The van der Waals surface area contributed by atoms with E-state index in [1.807, 2.05) is 12.1 Å². The summed E-state index contributed by atoms with van der Waals surface area (Å²) in [5, 5.41) is 19.8. The van der Waals surface area contributed by atoms with Crippen LogP contribution in [0.1, 0.15) is 12.0 Å². The van der Waals surface area contributed by atoms with E-state index in [0.29, 0.717) is 12.1 Å². The monoisotopic (exact) mass is 231 g/mol. The largest absolute Gasteiger partial charge is 0.465 e. The molecule has 1 heterocycles. The second-order valence-electron chi connectivity index (χ2n) is 4.04. The minimum Gasteiger partial charge on any atom is -0.465 e. The SMILES string of the molecule is N#Cc1ccc(N2CCC(NC(=O)O)C2)cc1. The summed E-state index contributed by atoms with van der Waals surface area (Å²) in [5.74, 6) is 0. The molecule has 0 saturated carbocycles. The number of nitrogens with one attached hydrogen (secondary N) is 1. The van der Waals surface area contributed by atoms with Crippen LogP contribution in [0.4, 0.5) is 10.5 Å². The van der Waals surface area contributed by atoms with Crippen LogP contribution < -0.4 is 10.2 Å². The molecule has 0 radical (unpaired) electrons. The van der Waals surface area contributed by atoms with Gasteiger partial charge in [0, 0.05) is 18.8 Å². The number of rotatable bonds is 2. The second kappa shape index (κ2) is 4.74. The molecule has 2 N–H and O–H groups in total. The van der Waals surface area contributed by atoms with E-state index in [9.17, 15) is 4.79 Å². The first-order valence-electron chi connectivity index (χ1n) is 5.43. The molecule has 0 spiro atoms. The van der Waals surface area contributed by atoms with Crippen LogP contribution in [0, 0.1) is 11.3 Å². The minimum absolute atomic E-state index is 0.0110. The summed E-state index contributed by atoms with van der Waals surface area (Å²) in [7, 11) is 0. The summed E-state index contributed by atoms with van der Waals surface area (Å²) in [4.78, 5) is 12.6. The smallest absolute Gasteiger partial charge is 0.404 e. The number of nitriles is 1. The Bertz CT molecular complexity index is 450. The maximum Gasteiger partial charge on any atom is 0.404 e. The van der Waals surface area contributed by atoms with Gasteiger partial charge in [-0.1, -0.05) is 0 Å². The van der Waals surface area contributed by atoms with Crippen LogP contribution in [0.15, 0.2) is 24.3 Å². The Morgan fingerprint density at radius 3 is 2.76 bits per heavy atom. The molecule has 88 valence electrons. The lowest BCUT2D eigenvalue weighted by molar-refractivity contribution is 0.191. The highest BCUT2D eigenvalue weighted by atomic mass is 16.4. The second-order valence-corrected chi connectivity index (χ2v) is 4.04. The molecule has 1 aromatic carbocycles. The summed E-state index contributed by atoms with van der Waals surface area (Å²) in [6.45, 7) is 1.51. The number of carbonyl (C=O) groups is 1. The van der Waals surface area contributed by atoms with Crippen LogP contribution >= 0.6 is 0 Å². The standard InChI is InChI=1S/C12H13N3O2/c13-7-9-1-3-11(4-2-9)15-6-5-10(8-15)14-12(16)17/h1-4,10,14H,5-6,8H2,(H,16,17). The zero-order chi connectivity index (χ0) is 12.3. The van der Waals surface area contributed by atoms with Crippen molar-refractivity contribution >= 4 is 11.8 Å². The van der Waals surface area contributed by atoms with Crippen molar-refractivity contribution < 1.29 is 9.90 Å². The first-order chi connectivity index (χ1) is 8.19. The fourth-order valence-corrected chi connectivity index (χ4v) is 2.03. The highest BCUT2D eigenvalue weighted by molar-refractivity contribution is 5.65. The summed E-state index contributed by atoms with van der Waals surface area (Å²) in [6, 6.07) is 9.38. The normalized spacial score (nSPS) is 18.8. The van der Waals surface area contributed by atoms with Gasteiger partial charge >= 0.3 is 6.09 Å². The van der Waals surface area contributed by atoms with Gasteiger partial charge in [-0.3, -0.25) is 0 Å². The Hall–Kier alpha value is -2.22. The lowest BCUT2D eigenvalue weighted by atomic mass is 10.2. The van der Waals surface area contributed by atoms with E-state index in [-0.39, 0.29) is 6.04 Å². The van der Waals surface area contributed by atoms with Gasteiger partial charge in [0.05, 0.1) is 17.7 Å². The van der Waals surface area contributed by atoms with Gasteiger partial charge in [-0.15, -0.1) is 0 Å². The van der Waals surface area contributed by atoms with Gasteiger partial charge in [0.25, 0.3) is 0 Å². The fraction of sp³-hybridized carbons (Fsp3) is 0.333. The number of benzene rings is 1. The third kappa shape index (κ3) is 2.67. The van der Waals surface area contributed by atoms with Crippen molar-refractivity contribution in [3.05, 3.63) is 29.8 Å². The molecule has 1 atom stereocenters. The molecule has 5 nitrogen and oxygen atoms in total. The van der Waals surface area contributed by atoms with E-state index in [2.05, 4.69) is 16.3 Å². The van der Waals surface area contributed by atoms with Gasteiger partial charge in [0.15, 0.2) is 0 Å². The molecule has 0 aromatic heterocycles. The molecule has 1 aliphatic rings. The van der Waals surface area contributed by atoms with Gasteiger partial charge < -0.3 is 15.3 Å². The van der Waals surface area contributed by atoms with Gasteiger partial charge in [-0.05, 0) is 30.7 Å². The summed E-state index contributed by atoms with van der Waals surface area (Å²) < 4.78 is 0. The predicted molar refractivity (Wildman–Crippen MR) is 62.9 cm³/mol. The molecule has 1 aromatic rings.